The number of aromatic carboxylic acids is 2. The molecule has 3 aliphatic heterocycles. The first-order valence-electron chi connectivity index (χ1n) is 13.5. The van der Waals surface area contributed by atoms with Crippen LogP contribution in [0.1, 0.15) is 61.7 Å². The van der Waals surface area contributed by atoms with Gasteiger partial charge in [-0.3, -0.25) is 0 Å². The largest absolute Gasteiger partial charge is 0.477 e. The van der Waals surface area contributed by atoms with Gasteiger partial charge in [-0.1, -0.05) is 19.2 Å². The molecular formula is C30H33N2O4SSi+. The summed E-state index contributed by atoms with van der Waals surface area (Å²) in [4.78, 5) is 27.2. The number of thiophene rings is 1. The van der Waals surface area contributed by atoms with Crippen LogP contribution in [0.5, 0.6) is 0 Å². The van der Waals surface area contributed by atoms with Crippen molar-refractivity contribution in [2.24, 2.45) is 0 Å². The summed E-state index contributed by atoms with van der Waals surface area (Å²) in [5, 5.41) is 22.7. The molecule has 196 valence electrons. The van der Waals surface area contributed by atoms with Crippen molar-refractivity contribution in [3.63, 3.8) is 0 Å². The molecule has 1 aromatic carbocycles. The van der Waals surface area contributed by atoms with Crippen LogP contribution in [-0.2, 0) is 0 Å². The molecule has 6 rings (SSSR count). The van der Waals surface area contributed by atoms with E-state index in [1.807, 2.05) is 0 Å². The summed E-state index contributed by atoms with van der Waals surface area (Å²) in [6.45, 7) is 10.8. The van der Waals surface area contributed by atoms with E-state index in [2.05, 4.69) is 59.0 Å². The molecule has 0 amide bonds. The van der Waals surface area contributed by atoms with Crippen LogP contribution in [0.25, 0.3) is 5.57 Å². The molecule has 4 heterocycles. The second-order valence-electron chi connectivity index (χ2n) is 11.2. The van der Waals surface area contributed by atoms with Crippen LogP contribution >= 0.6 is 11.3 Å². The maximum absolute atomic E-state index is 12.5. The van der Waals surface area contributed by atoms with E-state index in [1.54, 1.807) is 6.92 Å². The monoisotopic (exact) mass is 545 g/mol. The van der Waals surface area contributed by atoms with Crippen molar-refractivity contribution in [3.8, 4) is 0 Å². The summed E-state index contributed by atoms with van der Waals surface area (Å²) >= 11 is 0.867. The first-order valence-corrected chi connectivity index (χ1v) is 17.3. The number of nitrogens with zero attached hydrogens (tertiary/aromatic N) is 2. The molecule has 2 aromatic rings. The third-order valence-electron chi connectivity index (χ3n) is 8.62. The summed E-state index contributed by atoms with van der Waals surface area (Å²) in [7, 11) is -2.18. The molecule has 38 heavy (non-hydrogen) atoms. The minimum Gasteiger partial charge on any atom is -0.477 e. The normalized spacial score (nSPS) is 20.1. The Morgan fingerprint density at radius 2 is 1.66 bits per heavy atom. The van der Waals surface area contributed by atoms with Gasteiger partial charge in [0.15, 0.2) is 5.71 Å². The van der Waals surface area contributed by atoms with Crippen LogP contribution in [0, 0.1) is 6.92 Å². The number of carboxylic acid groups (broad SMARTS) is 2. The number of benzene rings is 1. The van der Waals surface area contributed by atoms with E-state index in [1.165, 1.54) is 47.5 Å². The molecule has 2 N–H and O–H groups in total. The average Bonchev–Trinajstić information content (AvgIpc) is 3.66. The minimum absolute atomic E-state index is 0.0949. The van der Waals surface area contributed by atoms with E-state index in [0.717, 1.165) is 54.2 Å². The predicted molar refractivity (Wildman–Crippen MR) is 155 cm³/mol. The average molecular weight is 546 g/mol. The third kappa shape index (κ3) is 3.84. The predicted octanol–water partition coefficient (Wildman–Crippen LogP) is 5.07. The fraction of sp³-hybridized carbons (Fsp3) is 0.367. The summed E-state index contributed by atoms with van der Waals surface area (Å²) in [6, 6.07) is 6.67. The van der Waals surface area contributed by atoms with Crippen molar-refractivity contribution in [3.05, 3.63) is 73.6 Å². The van der Waals surface area contributed by atoms with Gasteiger partial charge in [0.05, 0.1) is 0 Å². The molecule has 0 atom stereocenters. The van der Waals surface area contributed by atoms with Gasteiger partial charge in [-0.2, -0.15) is 0 Å². The van der Waals surface area contributed by atoms with Crippen molar-refractivity contribution in [1.82, 2.24) is 0 Å². The molecule has 2 saturated heterocycles. The zero-order chi connectivity index (χ0) is 26.8. The Kier molecular flexibility index (Phi) is 6.07. The van der Waals surface area contributed by atoms with Crippen molar-refractivity contribution in [1.29, 1.82) is 0 Å². The highest BCUT2D eigenvalue weighted by Gasteiger charge is 2.42. The van der Waals surface area contributed by atoms with Crippen LogP contribution in [0.2, 0.25) is 13.1 Å². The highest BCUT2D eigenvalue weighted by molar-refractivity contribution is 7.16. The van der Waals surface area contributed by atoms with Crippen molar-refractivity contribution >= 4 is 53.5 Å². The molecule has 0 radical (unpaired) electrons. The second-order valence-corrected chi connectivity index (χ2v) is 16.6. The number of anilines is 1. The zero-order valence-corrected chi connectivity index (χ0v) is 24.0. The van der Waals surface area contributed by atoms with Crippen LogP contribution < -0.4 is 10.1 Å². The summed E-state index contributed by atoms with van der Waals surface area (Å²) in [5.41, 5.74) is 6.49. The third-order valence-corrected chi connectivity index (χ3v) is 13.4. The Labute approximate surface area is 227 Å². The summed E-state index contributed by atoms with van der Waals surface area (Å²) in [6.07, 6.45) is 11.5. The van der Waals surface area contributed by atoms with E-state index in [-0.39, 0.29) is 9.75 Å². The maximum atomic E-state index is 12.5. The quantitative estimate of drug-likeness (QED) is 0.414. The topological polar surface area (TPSA) is 80.8 Å². The number of carbonyl (C=O) groups is 2. The number of hydrogen-bond donors (Lipinski definition) is 2. The lowest BCUT2D eigenvalue weighted by molar-refractivity contribution is -0.504. The maximum Gasteiger partial charge on any atom is 0.346 e. The fourth-order valence-electron chi connectivity index (χ4n) is 6.61. The summed E-state index contributed by atoms with van der Waals surface area (Å²) in [5.74, 6) is -2.16. The first-order chi connectivity index (χ1) is 18.2. The molecular weight excluding hydrogens is 512 g/mol. The lowest BCUT2D eigenvalue weighted by Crippen LogP contribution is -2.50. The lowest BCUT2D eigenvalue weighted by Gasteiger charge is -2.38. The SMILES string of the molecule is Cc1c(C(=O)O)sc(C(=O)O)c1C1=C2C=CC(=[N+]3CCCC3)C=C2[Si](C)(C)c2cc(N3CCCC3)ccc21. The zero-order valence-electron chi connectivity index (χ0n) is 22.1. The molecule has 8 heteroatoms. The molecule has 4 aliphatic rings. The molecule has 0 bridgehead atoms. The van der Waals surface area contributed by atoms with Gasteiger partial charge in [-0.05, 0) is 70.6 Å². The smallest absolute Gasteiger partial charge is 0.346 e. The van der Waals surface area contributed by atoms with Gasteiger partial charge in [0, 0.05) is 49.3 Å². The van der Waals surface area contributed by atoms with Crippen LogP contribution in [0.15, 0.2) is 47.2 Å². The van der Waals surface area contributed by atoms with Crippen molar-refractivity contribution in [2.45, 2.75) is 45.7 Å². The van der Waals surface area contributed by atoms with Gasteiger partial charge >= 0.3 is 11.9 Å². The number of fused-ring (bicyclic) bond motifs is 2. The second kappa shape index (κ2) is 9.20. The van der Waals surface area contributed by atoms with E-state index >= 15 is 0 Å². The standard InChI is InChI=1S/C30H32N2O4SSi/c1-18-25(28(30(35)36)37-27(18)29(33)34)26-21-10-8-19(31-12-4-5-13-31)16-23(21)38(2,3)24-17-20(9-11-22(24)26)32-14-6-7-15-32/h8-11,16-17H,4-7,12-15H2,1-3H3,(H-,33,34,35,36)/p+1. The number of carboxylic acids is 2. The highest BCUT2D eigenvalue weighted by atomic mass is 32.1. The number of allylic oxidation sites excluding steroid dienone is 5. The fourth-order valence-corrected chi connectivity index (χ4v) is 10.7. The first kappa shape index (κ1) is 25.1. The Bertz CT molecular complexity index is 1510. The Balaban J connectivity index is 1.67. The van der Waals surface area contributed by atoms with Crippen molar-refractivity contribution < 1.29 is 24.4 Å². The van der Waals surface area contributed by atoms with E-state index in [4.69, 9.17) is 0 Å². The van der Waals surface area contributed by atoms with Gasteiger partial charge in [0.2, 0.25) is 0 Å². The van der Waals surface area contributed by atoms with Crippen LogP contribution in [-0.4, -0.2) is 66.7 Å². The summed E-state index contributed by atoms with van der Waals surface area (Å²) < 4.78 is 2.45. The molecule has 2 fully saturated rings. The van der Waals surface area contributed by atoms with Gasteiger partial charge in [-0.15, -0.1) is 11.3 Å². The van der Waals surface area contributed by atoms with E-state index < -0.39 is 20.0 Å². The number of hydrogen-bond acceptors (Lipinski definition) is 4. The molecule has 0 unspecified atom stereocenters. The molecule has 1 aromatic heterocycles. The van der Waals surface area contributed by atoms with Crippen LogP contribution in [0.3, 0.4) is 0 Å². The van der Waals surface area contributed by atoms with Gasteiger partial charge in [0.1, 0.15) is 30.9 Å². The van der Waals surface area contributed by atoms with E-state index in [0.29, 0.717) is 11.1 Å². The minimum atomic E-state index is -2.18. The van der Waals surface area contributed by atoms with Gasteiger partial charge < -0.3 is 15.1 Å². The molecule has 1 aliphatic carbocycles. The van der Waals surface area contributed by atoms with Crippen molar-refractivity contribution in [2.75, 3.05) is 31.1 Å². The Morgan fingerprint density at radius 3 is 2.32 bits per heavy atom. The Hall–Kier alpha value is -3.23. The van der Waals surface area contributed by atoms with Crippen LogP contribution in [0.4, 0.5) is 5.69 Å². The Morgan fingerprint density at radius 1 is 0.974 bits per heavy atom. The highest BCUT2D eigenvalue weighted by Crippen LogP contribution is 2.46. The van der Waals surface area contributed by atoms with Gasteiger partial charge in [0.25, 0.3) is 0 Å². The van der Waals surface area contributed by atoms with Gasteiger partial charge in [-0.25, -0.2) is 14.2 Å². The molecule has 0 spiro atoms. The van der Waals surface area contributed by atoms with E-state index in [9.17, 15) is 19.8 Å². The molecule has 6 nitrogen and oxygen atoms in total. The number of rotatable bonds is 4. The lowest BCUT2D eigenvalue weighted by atomic mass is 9.87. The molecule has 0 saturated carbocycles.